The van der Waals surface area contributed by atoms with Crippen LogP contribution in [0.15, 0.2) is 17.2 Å². The van der Waals surface area contributed by atoms with Gasteiger partial charge in [-0.15, -0.1) is 0 Å². The van der Waals surface area contributed by atoms with E-state index in [4.69, 9.17) is 0 Å². The third kappa shape index (κ3) is 1.84. The van der Waals surface area contributed by atoms with E-state index in [2.05, 4.69) is 15.3 Å². The van der Waals surface area contributed by atoms with Crippen molar-refractivity contribution < 1.29 is 4.79 Å². The summed E-state index contributed by atoms with van der Waals surface area (Å²) in [5.74, 6) is 1.05. The molecule has 1 aromatic heterocycles. The van der Waals surface area contributed by atoms with Gasteiger partial charge in [-0.3, -0.25) is 9.59 Å². The zero-order valence-corrected chi connectivity index (χ0v) is 9.35. The monoisotopic (exact) mass is 234 g/mol. The maximum atomic E-state index is 12.1. The van der Waals surface area contributed by atoms with E-state index < -0.39 is 0 Å². The molecule has 2 unspecified atom stereocenters. The fraction of sp³-hybridized carbons (Fsp3) is 0.545. The second-order valence-corrected chi connectivity index (χ2v) is 4.68. The average molecular weight is 234 g/mol. The van der Waals surface area contributed by atoms with Crippen LogP contribution in [0.4, 0.5) is 0 Å². The van der Waals surface area contributed by atoms with Crippen molar-refractivity contribution in [1.82, 2.24) is 20.2 Å². The van der Waals surface area contributed by atoms with Gasteiger partial charge in [0, 0.05) is 32.4 Å². The Morgan fingerprint density at radius 2 is 2.06 bits per heavy atom. The van der Waals surface area contributed by atoms with Crippen molar-refractivity contribution in [1.29, 1.82) is 0 Å². The predicted octanol–water partition coefficient (Wildman–Crippen LogP) is -0.939. The topological polar surface area (TPSA) is 78.1 Å². The lowest BCUT2D eigenvalue weighted by Crippen LogP contribution is -2.32. The summed E-state index contributed by atoms with van der Waals surface area (Å²) in [6.45, 7) is 3.57. The summed E-state index contributed by atoms with van der Waals surface area (Å²) in [5, 5.41) is 3.33. The van der Waals surface area contributed by atoms with Crippen LogP contribution in [0.5, 0.6) is 0 Å². The minimum atomic E-state index is -0.288. The molecule has 0 aliphatic carbocycles. The van der Waals surface area contributed by atoms with Crippen LogP contribution < -0.4 is 10.9 Å². The van der Waals surface area contributed by atoms with Gasteiger partial charge in [-0.1, -0.05) is 0 Å². The Bertz CT molecular complexity index is 466. The van der Waals surface area contributed by atoms with Crippen molar-refractivity contribution in [2.75, 3.05) is 26.2 Å². The lowest BCUT2D eigenvalue weighted by molar-refractivity contribution is 0.0775. The molecule has 0 spiro atoms. The molecule has 3 heterocycles. The quantitative estimate of drug-likeness (QED) is 0.657. The molecule has 0 aromatic carbocycles. The number of likely N-dealkylation sites (tertiary alicyclic amines) is 1. The van der Waals surface area contributed by atoms with E-state index in [9.17, 15) is 9.59 Å². The van der Waals surface area contributed by atoms with Gasteiger partial charge in [0.25, 0.3) is 11.5 Å². The van der Waals surface area contributed by atoms with Gasteiger partial charge in [-0.2, -0.15) is 0 Å². The molecular weight excluding hydrogens is 220 g/mol. The molecule has 0 radical (unpaired) electrons. The average Bonchev–Trinajstić information content (AvgIpc) is 2.89. The van der Waals surface area contributed by atoms with Crippen molar-refractivity contribution in [3.05, 3.63) is 28.4 Å². The largest absolute Gasteiger partial charge is 0.337 e. The van der Waals surface area contributed by atoms with Crippen LogP contribution in [0.3, 0.4) is 0 Å². The Balaban J connectivity index is 1.75. The van der Waals surface area contributed by atoms with E-state index in [1.54, 1.807) is 0 Å². The number of hydrogen-bond acceptors (Lipinski definition) is 4. The van der Waals surface area contributed by atoms with Crippen molar-refractivity contribution >= 4 is 5.91 Å². The maximum Gasteiger partial charge on any atom is 0.273 e. The van der Waals surface area contributed by atoms with E-state index in [-0.39, 0.29) is 11.5 Å². The highest BCUT2D eigenvalue weighted by Crippen LogP contribution is 2.26. The molecule has 0 bridgehead atoms. The Labute approximate surface area is 98.0 Å². The molecule has 90 valence electrons. The Morgan fingerprint density at radius 1 is 1.35 bits per heavy atom. The number of aromatic nitrogens is 2. The number of carbonyl (C=O) groups excluding carboxylic acids is 1. The van der Waals surface area contributed by atoms with Crippen LogP contribution in [-0.2, 0) is 0 Å². The molecule has 6 heteroatoms. The zero-order valence-electron chi connectivity index (χ0n) is 9.35. The highest BCUT2D eigenvalue weighted by atomic mass is 16.2. The molecule has 2 aliphatic heterocycles. The second-order valence-electron chi connectivity index (χ2n) is 4.68. The van der Waals surface area contributed by atoms with Crippen LogP contribution in [0.1, 0.15) is 10.5 Å². The number of amides is 1. The van der Waals surface area contributed by atoms with Crippen molar-refractivity contribution in [2.45, 2.75) is 0 Å². The third-order valence-electron chi connectivity index (χ3n) is 3.57. The minimum Gasteiger partial charge on any atom is -0.337 e. The lowest BCUT2D eigenvalue weighted by atomic mass is 10.0. The summed E-state index contributed by atoms with van der Waals surface area (Å²) >= 11 is 0. The number of rotatable bonds is 1. The number of nitrogens with zero attached hydrogens (tertiary/aromatic N) is 2. The Morgan fingerprint density at radius 3 is 2.65 bits per heavy atom. The van der Waals surface area contributed by atoms with Crippen LogP contribution in [0.25, 0.3) is 0 Å². The Hall–Kier alpha value is -1.69. The highest BCUT2D eigenvalue weighted by molar-refractivity contribution is 5.92. The van der Waals surface area contributed by atoms with Gasteiger partial charge in [0.2, 0.25) is 0 Å². The number of carbonyl (C=O) groups is 1. The van der Waals surface area contributed by atoms with Crippen LogP contribution in [0.2, 0.25) is 0 Å². The SMILES string of the molecule is O=C(c1c[nH]c(=O)cn1)N1CC2CNCC2C1. The van der Waals surface area contributed by atoms with E-state index >= 15 is 0 Å². The van der Waals surface area contributed by atoms with Gasteiger partial charge < -0.3 is 15.2 Å². The molecule has 2 aliphatic rings. The Kier molecular flexibility index (Phi) is 2.44. The zero-order chi connectivity index (χ0) is 11.8. The summed E-state index contributed by atoms with van der Waals surface area (Å²) in [6.07, 6.45) is 2.53. The first-order valence-corrected chi connectivity index (χ1v) is 5.79. The van der Waals surface area contributed by atoms with Gasteiger partial charge in [-0.25, -0.2) is 4.98 Å². The summed E-state index contributed by atoms with van der Waals surface area (Å²) in [7, 11) is 0. The van der Waals surface area contributed by atoms with E-state index in [1.807, 2.05) is 4.90 Å². The van der Waals surface area contributed by atoms with Gasteiger partial charge in [0.15, 0.2) is 0 Å². The summed E-state index contributed by atoms with van der Waals surface area (Å²) in [6, 6.07) is 0. The first kappa shape index (κ1) is 10.5. The molecule has 2 N–H and O–H groups in total. The van der Waals surface area contributed by atoms with Gasteiger partial charge in [0.1, 0.15) is 5.69 Å². The fourth-order valence-electron chi connectivity index (χ4n) is 2.64. The molecular formula is C11H14N4O2. The standard InChI is InChI=1S/C11H14N4O2/c16-10-4-13-9(3-14-10)11(17)15-5-7-1-12-2-8(7)6-15/h3-4,7-8,12H,1-2,5-6H2,(H,14,16). The number of hydrogen-bond donors (Lipinski definition) is 2. The molecule has 2 fully saturated rings. The molecule has 3 rings (SSSR count). The van der Waals surface area contributed by atoms with Gasteiger partial charge in [0.05, 0.1) is 6.20 Å². The normalized spacial score (nSPS) is 27.2. The number of H-pyrrole nitrogens is 1. The molecule has 17 heavy (non-hydrogen) atoms. The molecule has 1 amide bonds. The highest BCUT2D eigenvalue weighted by Gasteiger charge is 2.38. The minimum absolute atomic E-state index is 0.0874. The maximum absolute atomic E-state index is 12.1. The van der Waals surface area contributed by atoms with E-state index in [0.717, 1.165) is 32.4 Å². The summed E-state index contributed by atoms with van der Waals surface area (Å²) in [4.78, 5) is 31.2. The number of nitrogens with one attached hydrogen (secondary N) is 2. The molecule has 2 saturated heterocycles. The number of fused-ring (bicyclic) bond motifs is 1. The fourth-order valence-corrected chi connectivity index (χ4v) is 2.64. The molecule has 0 saturated carbocycles. The smallest absolute Gasteiger partial charge is 0.273 e. The van der Waals surface area contributed by atoms with E-state index in [0.29, 0.717) is 17.5 Å². The first-order chi connectivity index (χ1) is 8.24. The lowest BCUT2D eigenvalue weighted by Gasteiger charge is -2.16. The van der Waals surface area contributed by atoms with Crippen LogP contribution >= 0.6 is 0 Å². The number of aromatic amines is 1. The van der Waals surface area contributed by atoms with Crippen molar-refractivity contribution in [3.8, 4) is 0 Å². The summed E-state index contributed by atoms with van der Waals surface area (Å²) < 4.78 is 0. The molecule has 2 atom stereocenters. The molecule has 6 nitrogen and oxygen atoms in total. The van der Waals surface area contributed by atoms with Crippen LogP contribution in [0, 0.1) is 11.8 Å². The molecule has 1 aromatic rings. The predicted molar refractivity (Wildman–Crippen MR) is 60.6 cm³/mol. The first-order valence-electron chi connectivity index (χ1n) is 5.79. The van der Waals surface area contributed by atoms with Crippen molar-refractivity contribution in [2.24, 2.45) is 11.8 Å². The summed E-state index contributed by atoms with van der Waals surface area (Å²) in [5.41, 5.74) is 0.0292. The van der Waals surface area contributed by atoms with Gasteiger partial charge >= 0.3 is 0 Å². The van der Waals surface area contributed by atoms with Crippen molar-refractivity contribution in [3.63, 3.8) is 0 Å². The second kappa shape index (κ2) is 3.96. The van der Waals surface area contributed by atoms with Crippen LogP contribution in [-0.4, -0.2) is 47.0 Å². The third-order valence-corrected chi connectivity index (χ3v) is 3.57. The van der Waals surface area contributed by atoms with E-state index in [1.165, 1.54) is 6.20 Å². The van der Waals surface area contributed by atoms with Gasteiger partial charge in [-0.05, 0) is 11.8 Å².